The first-order valence-corrected chi connectivity index (χ1v) is 3.98. The van der Waals surface area contributed by atoms with Crippen LogP contribution in [0.25, 0.3) is 0 Å². The summed E-state index contributed by atoms with van der Waals surface area (Å²) in [6, 6.07) is -1.88. The molecule has 0 unspecified atom stereocenters. The molecule has 0 aliphatic carbocycles. The van der Waals surface area contributed by atoms with Gasteiger partial charge in [0.1, 0.15) is 6.04 Å². The zero-order valence-electron chi connectivity index (χ0n) is 6.86. The SMILES string of the molecule is C[C@H]1C[C@@H](N)C[C@@H](C(F)(F)F)N1. The molecule has 5 heteroatoms. The molecule has 1 heterocycles. The van der Waals surface area contributed by atoms with Gasteiger partial charge in [-0.3, -0.25) is 0 Å². The fourth-order valence-electron chi connectivity index (χ4n) is 1.56. The number of hydrogen-bond acceptors (Lipinski definition) is 2. The zero-order valence-corrected chi connectivity index (χ0v) is 6.86. The molecule has 1 aliphatic heterocycles. The van der Waals surface area contributed by atoms with Crippen LogP contribution in [0.1, 0.15) is 19.8 Å². The van der Waals surface area contributed by atoms with Crippen LogP contribution in [-0.4, -0.2) is 24.3 Å². The van der Waals surface area contributed by atoms with E-state index in [4.69, 9.17) is 5.73 Å². The Bertz CT molecular complexity index is 147. The Labute approximate surface area is 69.3 Å². The summed E-state index contributed by atoms with van der Waals surface area (Å²) < 4.78 is 36.5. The van der Waals surface area contributed by atoms with Crippen molar-refractivity contribution in [1.29, 1.82) is 0 Å². The zero-order chi connectivity index (χ0) is 9.35. The minimum absolute atomic E-state index is 0.00611. The summed E-state index contributed by atoms with van der Waals surface area (Å²) in [5, 5.41) is 2.48. The maximum absolute atomic E-state index is 12.2. The molecular formula is C7H13F3N2. The van der Waals surface area contributed by atoms with Crippen molar-refractivity contribution in [3.05, 3.63) is 0 Å². The van der Waals surface area contributed by atoms with Gasteiger partial charge in [-0.25, -0.2) is 0 Å². The summed E-state index contributed by atoms with van der Waals surface area (Å²) in [6.07, 6.45) is -3.55. The van der Waals surface area contributed by atoms with Crippen LogP contribution >= 0.6 is 0 Å². The third kappa shape index (κ3) is 2.35. The van der Waals surface area contributed by atoms with Crippen LogP contribution in [0.5, 0.6) is 0 Å². The molecule has 72 valence electrons. The van der Waals surface area contributed by atoms with E-state index in [2.05, 4.69) is 5.32 Å². The van der Waals surface area contributed by atoms with Gasteiger partial charge in [0.2, 0.25) is 0 Å². The highest BCUT2D eigenvalue weighted by atomic mass is 19.4. The maximum Gasteiger partial charge on any atom is 0.403 e. The second kappa shape index (κ2) is 3.22. The summed E-state index contributed by atoms with van der Waals surface area (Å²) in [5.41, 5.74) is 5.47. The van der Waals surface area contributed by atoms with E-state index in [9.17, 15) is 13.2 Å². The molecule has 0 radical (unpaired) electrons. The van der Waals surface area contributed by atoms with Gasteiger partial charge in [0.05, 0.1) is 0 Å². The molecule has 1 aliphatic rings. The Balaban J connectivity index is 2.55. The van der Waals surface area contributed by atoms with Crippen molar-refractivity contribution in [3.8, 4) is 0 Å². The summed E-state index contributed by atoms with van der Waals surface area (Å²) in [7, 11) is 0. The second-order valence-corrected chi connectivity index (χ2v) is 3.39. The van der Waals surface area contributed by atoms with Crippen LogP contribution in [0, 0.1) is 0 Å². The molecule has 1 rings (SSSR count). The van der Waals surface area contributed by atoms with Crippen molar-refractivity contribution in [1.82, 2.24) is 5.32 Å². The molecule has 2 nitrogen and oxygen atoms in total. The molecular weight excluding hydrogens is 169 g/mol. The predicted octanol–water partition coefficient (Wildman–Crippen LogP) is 1.02. The fraction of sp³-hybridized carbons (Fsp3) is 1.00. The Hall–Kier alpha value is -0.290. The first kappa shape index (κ1) is 9.80. The molecule has 3 N–H and O–H groups in total. The third-order valence-corrected chi connectivity index (χ3v) is 2.08. The van der Waals surface area contributed by atoms with Gasteiger partial charge >= 0.3 is 6.18 Å². The van der Waals surface area contributed by atoms with Crippen molar-refractivity contribution >= 4 is 0 Å². The number of alkyl halides is 3. The highest BCUT2D eigenvalue weighted by Gasteiger charge is 2.43. The summed E-state index contributed by atoms with van der Waals surface area (Å²) in [5.74, 6) is 0. The van der Waals surface area contributed by atoms with Gasteiger partial charge < -0.3 is 11.1 Å². The monoisotopic (exact) mass is 182 g/mol. The Morgan fingerprint density at radius 1 is 1.33 bits per heavy atom. The lowest BCUT2D eigenvalue weighted by Crippen LogP contribution is -2.54. The van der Waals surface area contributed by atoms with Crippen LogP contribution < -0.4 is 11.1 Å². The van der Waals surface area contributed by atoms with Gasteiger partial charge in [0.15, 0.2) is 0 Å². The average molecular weight is 182 g/mol. The van der Waals surface area contributed by atoms with Gasteiger partial charge in [0, 0.05) is 12.1 Å². The van der Waals surface area contributed by atoms with E-state index in [1.54, 1.807) is 6.92 Å². The molecule has 3 atom stereocenters. The highest BCUT2D eigenvalue weighted by Crippen LogP contribution is 2.27. The smallest absolute Gasteiger partial charge is 0.328 e. The lowest BCUT2D eigenvalue weighted by Gasteiger charge is -2.33. The summed E-state index contributed by atoms with van der Waals surface area (Å²) in [4.78, 5) is 0. The molecule has 0 bridgehead atoms. The van der Waals surface area contributed by atoms with Gasteiger partial charge in [0.25, 0.3) is 0 Å². The van der Waals surface area contributed by atoms with Crippen LogP contribution in [0.15, 0.2) is 0 Å². The fourth-order valence-corrected chi connectivity index (χ4v) is 1.56. The average Bonchev–Trinajstić information content (AvgIpc) is 1.82. The van der Waals surface area contributed by atoms with Crippen LogP contribution in [-0.2, 0) is 0 Å². The number of halogens is 3. The first-order valence-electron chi connectivity index (χ1n) is 3.98. The third-order valence-electron chi connectivity index (χ3n) is 2.08. The quantitative estimate of drug-likeness (QED) is 0.587. The van der Waals surface area contributed by atoms with E-state index >= 15 is 0 Å². The number of piperidine rings is 1. The van der Waals surface area contributed by atoms with Crippen molar-refractivity contribution in [2.75, 3.05) is 0 Å². The molecule has 0 spiro atoms. The molecule has 0 aromatic heterocycles. The van der Waals surface area contributed by atoms with E-state index in [0.29, 0.717) is 6.42 Å². The Morgan fingerprint density at radius 3 is 2.33 bits per heavy atom. The molecule has 1 saturated heterocycles. The molecule has 1 fully saturated rings. The normalized spacial score (nSPS) is 38.2. The lowest BCUT2D eigenvalue weighted by molar-refractivity contribution is -0.163. The first-order chi connectivity index (χ1) is 5.39. The largest absolute Gasteiger partial charge is 0.403 e. The van der Waals surface area contributed by atoms with Gasteiger partial charge in [-0.1, -0.05) is 0 Å². The van der Waals surface area contributed by atoms with E-state index in [0.717, 1.165) is 0 Å². The van der Waals surface area contributed by atoms with Gasteiger partial charge in [-0.05, 0) is 19.8 Å². The van der Waals surface area contributed by atoms with E-state index in [-0.39, 0.29) is 18.5 Å². The van der Waals surface area contributed by atoms with Crippen LogP contribution in [0.4, 0.5) is 13.2 Å². The van der Waals surface area contributed by atoms with Gasteiger partial charge in [-0.2, -0.15) is 13.2 Å². The van der Waals surface area contributed by atoms with Crippen molar-refractivity contribution in [3.63, 3.8) is 0 Å². The number of nitrogens with two attached hydrogens (primary N) is 1. The summed E-state index contributed by atoms with van der Waals surface area (Å²) in [6.45, 7) is 1.72. The Kier molecular flexibility index (Phi) is 2.63. The maximum atomic E-state index is 12.2. The summed E-state index contributed by atoms with van der Waals surface area (Å²) >= 11 is 0. The van der Waals surface area contributed by atoms with Gasteiger partial charge in [-0.15, -0.1) is 0 Å². The van der Waals surface area contributed by atoms with E-state index in [1.165, 1.54) is 0 Å². The number of rotatable bonds is 0. The number of hydrogen-bond donors (Lipinski definition) is 2. The molecule has 0 saturated carbocycles. The Morgan fingerprint density at radius 2 is 1.92 bits per heavy atom. The van der Waals surface area contributed by atoms with Crippen molar-refractivity contribution < 1.29 is 13.2 Å². The molecule has 0 aromatic carbocycles. The standard InChI is InChI=1S/C7H13F3N2/c1-4-2-5(11)3-6(12-4)7(8,9)10/h4-6,12H,2-3,11H2,1H3/t4-,5+,6-/m0/s1. The lowest BCUT2D eigenvalue weighted by atomic mass is 9.95. The minimum Gasteiger partial charge on any atom is -0.328 e. The predicted molar refractivity (Wildman–Crippen MR) is 39.7 cm³/mol. The molecule has 0 aromatic rings. The second-order valence-electron chi connectivity index (χ2n) is 3.39. The minimum atomic E-state index is -4.16. The van der Waals surface area contributed by atoms with Crippen molar-refractivity contribution in [2.24, 2.45) is 5.73 Å². The topological polar surface area (TPSA) is 38.0 Å². The van der Waals surface area contributed by atoms with Crippen LogP contribution in [0.2, 0.25) is 0 Å². The molecule has 0 amide bonds. The highest BCUT2D eigenvalue weighted by molar-refractivity contribution is 4.88. The molecule has 12 heavy (non-hydrogen) atoms. The van der Waals surface area contributed by atoms with Crippen LogP contribution in [0.3, 0.4) is 0 Å². The van der Waals surface area contributed by atoms with E-state index < -0.39 is 12.2 Å². The van der Waals surface area contributed by atoms with Crippen molar-refractivity contribution in [2.45, 2.75) is 44.1 Å². The van der Waals surface area contributed by atoms with E-state index in [1.807, 2.05) is 0 Å². The number of nitrogens with one attached hydrogen (secondary N) is 1.